The molecule has 2 aromatic rings. The number of carbonyl (C=O) groups is 2. The lowest BCUT2D eigenvalue weighted by atomic mass is 10.1. The van der Waals surface area contributed by atoms with Gasteiger partial charge in [-0.05, 0) is 30.3 Å². The molecule has 2 heterocycles. The number of hydrogen-bond donors (Lipinski definition) is 1. The second kappa shape index (κ2) is 6.59. The van der Waals surface area contributed by atoms with E-state index in [4.69, 9.17) is 14.2 Å². The number of likely N-dealkylation sites (N-methyl/N-ethyl adjacent to an activating group) is 1. The van der Waals surface area contributed by atoms with Crippen LogP contribution in [0.15, 0.2) is 42.5 Å². The van der Waals surface area contributed by atoms with Crippen molar-refractivity contribution in [1.29, 1.82) is 0 Å². The van der Waals surface area contributed by atoms with E-state index in [0.717, 1.165) is 5.69 Å². The first-order chi connectivity index (χ1) is 12.6. The normalized spacial score (nSPS) is 17.5. The molecule has 7 nitrogen and oxygen atoms in total. The molecule has 0 fully saturated rings. The van der Waals surface area contributed by atoms with Gasteiger partial charge in [0.25, 0.3) is 11.8 Å². The van der Waals surface area contributed by atoms with Crippen molar-refractivity contribution in [1.82, 2.24) is 5.32 Å². The van der Waals surface area contributed by atoms with Crippen LogP contribution in [0.3, 0.4) is 0 Å². The maximum Gasteiger partial charge on any atom is 0.267 e. The van der Waals surface area contributed by atoms with Crippen LogP contribution in [0.4, 0.5) is 5.69 Å². The predicted octanol–water partition coefficient (Wildman–Crippen LogP) is 1.96. The van der Waals surface area contributed by atoms with Crippen molar-refractivity contribution in [2.24, 2.45) is 0 Å². The average Bonchev–Trinajstić information content (AvgIpc) is 3.13. The fourth-order valence-electron chi connectivity index (χ4n) is 3.01. The van der Waals surface area contributed by atoms with Crippen LogP contribution in [-0.2, 0) is 4.79 Å². The molecule has 0 aliphatic carbocycles. The largest absolute Gasteiger partial charge is 0.478 e. The number of nitrogens with zero attached hydrogens (tertiary/aromatic N) is 1. The number of carbonyl (C=O) groups excluding carboxylic acids is 2. The molecular weight excluding hydrogens is 336 g/mol. The summed E-state index contributed by atoms with van der Waals surface area (Å²) in [6.07, 6.45) is -0.236. The van der Waals surface area contributed by atoms with Crippen LogP contribution in [0.2, 0.25) is 0 Å². The summed E-state index contributed by atoms with van der Waals surface area (Å²) in [4.78, 5) is 26.3. The van der Waals surface area contributed by atoms with Gasteiger partial charge in [0.1, 0.15) is 5.75 Å². The Kier molecular flexibility index (Phi) is 4.12. The molecule has 134 valence electrons. The lowest BCUT2D eigenvalue weighted by molar-refractivity contribution is -0.126. The zero-order chi connectivity index (χ0) is 18.1. The molecule has 4 rings (SSSR count). The Morgan fingerprint density at radius 1 is 1.15 bits per heavy atom. The first kappa shape index (κ1) is 16.3. The minimum Gasteiger partial charge on any atom is -0.478 e. The molecule has 1 unspecified atom stereocenters. The Hall–Kier alpha value is -3.22. The van der Waals surface area contributed by atoms with Crippen LogP contribution in [0, 0.1) is 0 Å². The molecule has 0 spiro atoms. The number of para-hydroxylation sites is 2. The molecule has 1 N–H and O–H groups in total. The minimum atomic E-state index is -0.619. The van der Waals surface area contributed by atoms with Gasteiger partial charge in [0.15, 0.2) is 17.6 Å². The van der Waals surface area contributed by atoms with Gasteiger partial charge in [-0.3, -0.25) is 9.59 Å². The van der Waals surface area contributed by atoms with Gasteiger partial charge in [0.2, 0.25) is 6.79 Å². The zero-order valence-corrected chi connectivity index (χ0v) is 14.2. The predicted molar refractivity (Wildman–Crippen MR) is 93.8 cm³/mol. The van der Waals surface area contributed by atoms with E-state index in [1.807, 2.05) is 24.3 Å². The number of hydrogen-bond acceptors (Lipinski definition) is 5. The van der Waals surface area contributed by atoms with Gasteiger partial charge < -0.3 is 24.4 Å². The van der Waals surface area contributed by atoms with Gasteiger partial charge in [-0.1, -0.05) is 12.1 Å². The smallest absolute Gasteiger partial charge is 0.267 e. The van der Waals surface area contributed by atoms with E-state index < -0.39 is 6.10 Å². The van der Waals surface area contributed by atoms with E-state index in [0.29, 0.717) is 35.8 Å². The molecule has 7 heteroatoms. The molecule has 2 aliphatic heterocycles. The lowest BCUT2D eigenvalue weighted by Gasteiger charge is -2.31. The maximum atomic E-state index is 12.4. The quantitative estimate of drug-likeness (QED) is 0.908. The molecule has 2 amide bonds. The second-order valence-corrected chi connectivity index (χ2v) is 6.08. The van der Waals surface area contributed by atoms with Gasteiger partial charge in [-0.2, -0.15) is 0 Å². The highest BCUT2D eigenvalue weighted by molar-refractivity contribution is 5.99. The maximum absolute atomic E-state index is 12.4. The highest BCUT2D eigenvalue weighted by Gasteiger charge is 2.31. The van der Waals surface area contributed by atoms with Gasteiger partial charge >= 0.3 is 0 Å². The highest BCUT2D eigenvalue weighted by Crippen LogP contribution is 2.34. The third-order valence-electron chi connectivity index (χ3n) is 4.43. The van der Waals surface area contributed by atoms with Gasteiger partial charge in [-0.25, -0.2) is 0 Å². The molecule has 0 bridgehead atoms. The minimum absolute atomic E-state index is 0.124. The number of nitrogens with one attached hydrogen (secondary N) is 1. The summed E-state index contributed by atoms with van der Waals surface area (Å²) in [5.41, 5.74) is 1.23. The average molecular weight is 354 g/mol. The number of benzene rings is 2. The first-order valence-electron chi connectivity index (χ1n) is 8.34. The third kappa shape index (κ3) is 2.92. The van der Waals surface area contributed by atoms with Crippen molar-refractivity contribution >= 4 is 17.5 Å². The van der Waals surface area contributed by atoms with Crippen molar-refractivity contribution in [2.75, 3.05) is 25.3 Å². The van der Waals surface area contributed by atoms with E-state index in [-0.39, 0.29) is 18.6 Å². The van der Waals surface area contributed by atoms with E-state index in [1.54, 1.807) is 30.1 Å². The Labute approximate surface area is 150 Å². The van der Waals surface area contributed by atoms with E-state index in [9.17, 15) is 9.59 Å². The van der Waals surface area contributed by atoms with Gasteiger partial charge in [0, 0.05) is 25.6 Å². The number of anilines is 1. The molecule has 0 aromatic heterocycles. The van der Waals surface area contributed by atoms with E-state index in [1.165, 1.54) is 0 Å². The Bertz CT molecular complexity index is 867. The zero-order valence-electron chi connectivity index (χ0n) is 14.2. The Balaban J connectivity index is 1.36. The number of fused-ring (bicyclic) bond motifs is 2. The molecule has 0 radical (unpaired) electrons. The molecule has 2 aromatic carbocycles. The fraction of sp³-hybridized carbons (Fsp3) is 0.263. The summed E-state index contributed by atoms with van der Waals surface area (Å²) >= 11 is 0. The van der Waals surface area contributed by atoms with Crippen LogP contribution < -0.4 is 24.4 Å². The van der Waals surface area contributed by atoms with Crippen molar-refractivity contribution in [2.45, 2.75) is 12.5 Å². The van der Waals surface area contributed by atoms with Gasteiger partial charge in [-0.15, -0.1) is 0 Å². The van der Waals surface area contributed by atoms with E-state index in [2.05, 4.69) is 5.32 Å². The molecule has 0 saturated carbocycles. The number of amides is 2. The highest BCUT2D eigenvalue weighted by atomic mass is 16.7. The fourth-order valence-corrected chi connectivity index (χ4v) is 3.01. The van der Waals surface area contributed by atoms with Crippen LogP contribution in [0.25, 0.3) is 0 Å². The second-order valence-electron chi connectivity index (χ2n) is 6.08. The molecule has 1 atom stereocenters. The standard InChI is InChI=1S/C19H18N2O5/c1-21-13-4-2-3-5-14(13)26-16(19(21)23)8-9-20-18(22)12-6-7-15-17(10-12)25-11-24-15/h2-7,10,16H,8-9,11H2,1H3,(H,20,22). The van der Waals surface area contributed by atoms with Crippen LogP contribution in [0.1, 0.15) is 16.8 Å². The summed E-state index contributed by atoms with van der Waals surface area (Å²) < 4.78 is 16.3. The number of rotatable bonds is 4. The van der Waals surface area contributed by atoms with Crippen molar-refractivity contribution in [3.63, 3.8) is 0 Å². The van der Waals surface area contributed by atoms with E-state index >= 15 is 0 Å². The topological polar surface area (TPSA) is 77.1 Å². The van der Waals surface area contributed by atoms with Crippen molar-refractivity contribution in [3.05, 3.63) is 48.0 Å². The van der Waals surface area contributed by atoms with Crippen molar-refractivity contribution in [3.8, 4) is 17.2 Å². The Morgan fingerprint density at radius 3 is 2.85 bits per heavy atom. The summed E-state index contributed by atoms with van der Waals surface area (Å²) in [5.74, 6) is 1.49. The molecule has 0 saturated heterocycles. The molecule has 2 aliphatic rings. The van der Waals surface area contributed by atoms with Crippen LogP contribution >= 0.6 is 0 Å². The lowest BCUT2D eigenvalue weighted by Crippen LogP contribution is -2.45. The molecular formula is C19H18N2O5. The summed E-state index contributed by atoms with van der Waals surface area (Å²) in [6.45, 7) is 0.482. The van der Waals surface area contributed by atoms with Gasteiger partial charge in [0.05, 0.1) is 5.69 Å². The summed E-state index contributed by atoms with van der Waals surface area (Å²) in [5, 5.41) is 2.81. The first-order valence-corrected chi connectivity index (χ1v) is 8.34. The monoisotopic (exact) mass is 354 g/mol. The SMILES string of the molecule is CN1C(=O)C(CCNC(=O)c2ccc3c(c2)OCO3)Oc2ccccc21. The van der Waals surface area contributed by atoms with Crippen LogP contribution in [0.5, 0.6) is 17.2 Å². The van der Waals surface area contributed by atoms with Crippen molar-refractivity contribution < 1.29 is 23.8 Å². The Morgan fingerprint density at radius 2 is 1.96 bits per heavy atom. The van der Waals surface area contributed by atoms with Crippen LogP contribution in [-0.4, -0.2) is 38.3 Å². The molecule has 26 heavy (non-hydrogen) atoms. The number of ether oxygens (including phenoxy) is 3. The third-order valence-corrected chi connectivity index (χ3v) is 4.43. The summed E-state index contributed by atoms with van der Waals surface area (Å²) in [7, 11) is 1.72. The summed E-state index contributed by atoms with van der Waals surface area (Å²) in [6, 6.07) is 12.4.